The first-order valence-corrected chi connectivity index (χ1v) is 8.29. The molecule has 0 aromatic carbocycles. The largest absolute Gasteiger partial charge is 0.395 e. The zero-order valence-corrected chi connectivity index (χ0v) is 11.0. The molecule has 0 spiro atoms. The molecular formula is C10H24O3Si. The van der Waals surface area contributed by atoms with Crippen molar-refractivity contribution in [3.8, 4) is 0 Å². The van der Waals surface area contributed by atoms with E-state index in [2.05, 4.69) is 13.1 Å². The first-order valence-electron chi connectivity index (χ1n) is 5.48. The minimum absolute atomic E-state index is 0.763. The van der Waals surface area contributed by atoms with E-state index in [1.807, 2.05) is 13.8 Å². The molecule has 4 heteroatoms. The van der Waals surface area contributed by atoms with Crippen LogP contribution in [0.5, 0.6) is 0 Å². The molecule has 0 amide bonds. The van der Waals surface area contributed by atoms with Crippen molar-refractivity contribution in [2.45, 2.75) is 39.8 Å². The Morgan fingerprint density at radius 2 is 1.43 bits per heavy atom. The highest BCUT2D eigenvalue weighted by Gasteiger charge is 2.22. The number of hydrogen-bond acceptors (Lipinski definition) is 3. The highest BCUT2D eigenvalue weighted by Crippen LogP contribution is 2.04. The van der Waals surface area contributed by atoms with Crippen LogP contribution in [0, 0.1) is 0 Å². The fourth-order valence-corrected chi connectivity index (χ4v) is 2.72. The van der Waals surface area contributed by atoms with Crippen molar-refractivity contribution in [1.29, 1.82) is 0 Å². The summed E-state index contributed by atoms with van der Waals surface area (Å²) in [7, 11) is -1.70. The average Bonchev–Trinajstić information content (AvgIpc) is 2.59. The zero-order valence-electron chi connectivity index (χ0n) is 9.97. The first-order chi connectivity index (χ1) is 6.62. The molecule has 0 bridgehead atoms. The molecule has 86 valence electrons. The van der Waals surface area contributed by atoms with E-state index in [9.17, 15) is 0 Å². The lowest BCUT2D eigenvalue weighted by Gasteiger charge is -2.20. The molecule has 0 unspecified atom stereocenters. The van der Waals surface area contributed by atoms with Crippen LogP contribution in [0.25, 0.3) is 0 Å². The molecule has 0 aliphatic carbocycles. The van der Waals surface area contributed by atoms with Gasteiger partial charge >= 0.3 is 8.56 Å². The van der Waals surface area contributed by atoms with Gasteiger partial charge in [0.15, 0.2) is 0 Å². The summed E-state index contributed by atoms with van der Waals surface area (Å²) in [5, 5.41) is 0. The maximum atomic E-state index is 5.39. The maximum Gasteiger partial charge on any atom is 0.331 e. The summed E-state index contributed by atoms with van der Waals surface area (Å²) < 4.78 is 15.7. The number of hydrogen-bond donors (Lipinski definition) is 0. The van der Waals surface area contributed by atoms with Crippen LogP contribution in [0.1, 0.15) is 26.7 Å². The van der Waals surface area contributed by atoms with E-state index in [0.29, 0.717) is 0 Å². The molecule has 0 aromatic heterocycles. The van der Waals surface area contributed by atoms with Crippen LogP contribution in [0.3, 0.4) is 0 Å². The summed E-state index contributed by atoms with van der Waals surface area (Å²) in [6.07, 6.45) is 2.56. The van der Waals surface area contributed by atoms with Gasteiger partial charge in [-0.1, -0.05) is 0 Å². The molecule has 3 nitrogen and oxygen atoms in total. The van der Waals surface area contributed by atoms with Gasteiger partial charge in [0, 0.05) is 26.4 Å². The SMILES string of the molecule is C1CCOC1.CCO[Si](C)(C)OCC. The molecule has 1 fully saturated rings. The van der Waals surface area contributed by atoms with Gasteiger partial charge in [-0.2, -0.15) is 0 Å². The van der Waals surface area contributed by atoms with Crippen molar-refractivity contribution in [2.75, 3.05) is 26.4 Å². The van der Waals surface area contributed by atoms with Gasteiger partial charge in [-0.3, -0.25) is 0 Å². The van der Waals surface area contributed by atoms with Crippen LogP contribution in [0.15, 0.2) is 0 Å². The Balaban J connectivity index is 0.000000280. The highest BCUT2D eigenvalue weighted by atomic mass is 28.4. The van der Waals surface area contributed by atoms with E-state index >= 15 is 0 Å². The van der Waals surface area contributed by atoms with Crippen molar-refractivity contribution in [2.24, 2.45) is 0 Å². The van der Waals surface area contributed by atoms with Gasteiger partial charge in [0.1, 0.15) is 0 Å². The third-order valence-electron chi connectivity index (χ3n) is 1.81. The van der Waals surface area contributed by atoms with E-state index in [1.54, 1.807) is 0 Å². The average molecular weight is 220 g/mol. The van der Waals surface area contributed by atoms with Gasteiger partial charge in [-0.15, -0.1) is 0 Å². The van der Waals surface area contributed by atoms with Gasteiger partial charge in [0.25, 0.3) is 0 Å². The lowest BCUT2D eigenvalue weighted by Crippen LogP contribution is -2.34. The number of rotatable bonds is 4. The summed E-state index contributed by atoms with van der Waals surface area (Å²) >= 11 is 0. The van der Waals surface area contributed by atoms with Crippen molar-refractivity contribution >= 4 is 8.56 Å². The third kappa shape index (κ3) is 8.68. The van der Waals surface area contributed by atoms with Crippen molar-refractivity contribution in [3.05, 3.63) is 0 Å². The second-order valence-electron chi connectivity index (χ2n) is 3.59. The molecule has 0 atom stereocenters. The van der Waals surface area contributed by atoms with Crippen LogP contribution in [0.2, 0.25) is 13.1 Å². The summed E-state index contributed by atoms with van der Waals surface area (Å²) in [6.45, 7) is 11.6. The van der Waals surface area contributed by atoms with E-state index < -0.39 is 8.56 Å². The Hall–Kier alpha value is 0.0969. The normalized spacial score (nSPS) is 16.3. The Morgan fingerprint density at radius 1 is 1.00 bits per heavy atom. The van der Waals surface area contributed by atoms with E-state index in [0.717, 1.165) is 26.4 Å². The molecular weight excluding hydrogens is 196 g/mol. The van der Waals surface area contributed by atoms with Crippen molar-refractivity contribution in [1.82, 2.24) is 0 Å². The lowest BCUT2D eigenvalue weighted by atomic mass is 10.4. The zero-order chi connectivity index (χ0) is 10.9. The topological polar surface area (TPSA) is 27.7 Å². The molecule has 1 saturated heterocycles. The van der Waals surface area contributed by atoms with E-state index in [-0.39, 0.29) is 0 Å². The fraction of sp³-hybridized carbons (Fsp3) is 1.00. The van der Waals surface area contributed by atoms with Crippen molar-refractivity contribution in [3.63, 3.8) is 0 Å². The second kappa shape index (κ2) is 8.41. The smallest absolute Gasteiger partial charge is 0.331 e. The molecule has 1 aliphatic heterocycles. The summed E-state index contributed by atoms with van der Waals surface area (Å²) in [6, 6.07) is 0. The standard InChI is InChI=1S/C6H16O2Si.C4H8O/c1-5-7-9(3,4)8-6-2;1-2-4-5-3-1/h5-6H2,1-4H3;1-4H2. The van der Waals surface area contributed by atoms with Gasteiger partial charge in [-0.25, -0.2) is 0 Å². The Bertz CT molecular complexity index is 109. The minimum Gasteiger partial charge on any atom is -0.395 e. The molecule has 0 radical (unpaired) electrons. The second-order valence-corrected chi connectivity index (χ2v) is 6.96. The monoisotopic (exact) mass is 220 g/mol. The molecule has 0 saturated carbocycles. The van der Waals surface area contributed by atoms with Gasteiger partial charge in [-0.05, 0) is 39.8 Å². The highest BCUT2D eigenvalue weighted by molar-refractivity contribution is 6.64. The predicted molar refractivity (Wildman–Crippen MR) is 60.8 cm³/mol. The summed E-state index contributed by atoms with van der Waals surface area (Å²) in [4.78, 5) is 0. The van der Waals surface area contributed by atoms with Gasteiger partial charge < -0.3 is 13.6 Å². The van der Waals surface area contributed by atoms with Gasteiger partial charge in [0.05, 0.1) is 0 Å². The molecule has 14 heavy (non-hydrogen) atoms. The van der Waals surface area contributed by atoms with E-state index in [4.69, 9.17) is 13.6 Å². The van der Waals surface area contributed by atoms with Crippen LogP contribution >= 0.6 is 0 Å². The summed E-state index contributed by atoms with van der Waals surface area (Å²) in [5.74, 6) is 0. The first kappa shape index (κ1) is 14.1. The van der Waals surface area contributed by atoms with Crippen LogP contribution in [-0.2, 0) is 13.6 Å². The number of ether oxygens (including phenoxy) is 1. The predicted octanol–water partition coefficient (Wildman–Crippen LogP) is 2.56. The molecule has 1 rings (SSSR count). The van der Waals surface area contributed by atoms with Crippen LogP contribution in [-0.4, -0.2) is 35.0 Å². The van der Waals surface area contributed by atoms with Crippen LogP contribution in [0.4, 0.5) is 0 Å². The Morgan fingerprint density at radius 3 is 1.64 bits per heavy atom. The van der Waals surface area contributed by atoms with Crippen LogP contribution < -0.4 is 0 Å². The Kier molecular flexibility index (Phi) is 8.47. The molecule has 1 heterocycles. The fourth-order valence-electron chi connectivity index (χ4n) is 1.25. The minimum atomic E-state index is -1.70. The lowest BCUT2D eigenvalue weighted by molar-refractivity contribution is 0.195. The Labute approximate surface area is 89.0 Å². The summed E-state index contributed by atoms with van der Waals surface area (Å²) in [5.41, 5.74) is 0. The molecule has 0 N–H and O–H groups in total. The quantitative estimate of drug-likeness (QED) is 0.682. The third-order valence-corrected chi connectivity index (χ3v) is 3.78. The van der Waals surface area contributed by atoms with E-state index in [1.165, 1.54) is 12.8 Å². The molecule has 1 aliphatic rings. The maximum absolute atomic E-state index is 5.39. The van der Waals surface area contributed by atoms with Gasteiger partial charge in [0.2, 0.25) is 0 Å². The molecule has 0 aromatic rings. The van der Waals surface area contributed by atoms with Crippen molar-refractivity contribution < 1.29 is 13.6 Å².